The lowest BCUT2D eigenvalue weighted by Crippen LogP contribution is -2.11. The van der Waals surface area contributed by atoms with E-state index in [1.165, 1.54) is 15.3 Å². The summed E-state index contributed by atoms with van der Waals surface area (Å²) in [5, 5.41) is 3.47. The van der Waals surface area contributed by atoms with E-state index in [1.54, 1.807) is 0 Å². The molecule has 0 radical (unpaired) electrons. The number of aromatic nitrogens is 1. The van der Waals surface area contributed by atoms with E-state index in [0.717, 1.165) is 19.5 Å². The highest BCUT2D eigenvalue weighted by Gasteiger charge is 1.99. The third-order valence-corrected chi connectivity index (χ3v) is 3.82. The van der Waals surface area contributed by atoms with Crippen molar-refractivity contribution in [2.75, 3.05) is 0 Å². The van der Waals surface area contributed by atoms with Crippen LogP contribution >= 0.6 is 11.3 Å². The van der Waals surface area contributed by atoms with Gasteiger partial charge in [0, 0.05) is 42.3 Å². The van der Waals surface area contributed by atoms with E-state index in [1.807, 2.05) is 11.3 Å². The second kappa shape index (κ2) is 5.32. The number of thiophene rings is 1. The molecule has 16 heavy (non-hydrogen) atoms. The normalized spacial score (nSPS) is 10.9. The molecule has 0 amide bonds. The Morgan fingerprint density at radius 2 is 2.00 bits per heavy atom. The van der Waals surface area contributed by atoms with Crippen molar-refractivity contribution < 1.29 is 0 Å². The molecule has 0 fully saturated rings. The second-order valence-electron chi connectivity index (χ2n) is 4.01. The van der Waals surface area contributed by atoms with Crippen molar-refractivity contribution >= 4 is 11.3 Å². The van der Waals surface area contributed by atoms with E-state index >= 15 is 0 Å². The maximum absolute atomic E-state index is 3.47. The number of rotatable bonds is 5. The summed E-state index contributed by atoms with van der Waals surface area (Å²) in [4.78, 5) is 2.89. The molecule has 0 saturated carbocycles. The first-order valence-corrected chi connectivity index (χ1v) is 6.48. The van der Waals surface area contributed by atoms with Crippen LogP contribution in [0.3, 0.4) is 0 Å². The number of hydrogen-bond acceptors (Lipinski definition) is 2. The molecule has 0 bridgehead atoms. The predicted octanol–water partition coefficient (Wildman–Crippen LogP) is 2.94. The Bertz CT molecular complexity index is 442. The summed E-state index contributed by atoms with van der Waals surface area (Å²) in [7, 11) is 2.05. The Morgan fingerprint density at radius 1 is 1.19 bits per heavy atom. The van der Waals surface area contributed by atoms with Crippen LogP contribution < -0.4 is 5.32 Å². The lowest BCUT2D eigenvalue weighted by molar-refractivity contribution is 0.699. The van der Waals surface area contributed by atoms with Crippen LogP contribution in [0.2, 0.25) is 0 Å². The molecule has 0 atom stereocenters. The van der Waals surface area contributed by atoms with Crippen LogP contribution in [-0.4, -0.2) is 4.57 Å². The van der Waals surface area contributed by atoms with Crippen LogP contribution in [-0.2, 0) is 26.6 Å². The molecule has 2 rings (SSSR count). The van der Waals surface area contributed by atoms with Crippen molar-refractivity contribution in [3.05, 3.63) is 45.9 Å². The average Bonchev–Trinajstić information content (AvgIpc) is 2.88. The molecule has 0 saturated heterocycles. The minimum atomic E-state index is 0.945. The molecule has 3 heteroatoms. The fraction of sp³-hybridized carbons (Fsp3) is 0.385. The summed E-state index contributed by atoms with van der Waals surface area (Å²) < 4.78 is 2.08. The van der Waals surface area contributed by atoms with Crippen LogP contribution in [0.1, 0.15) is 22.2 Å². The third-order valence-electron chi connectivity index (χ3n) is 2.59. The molecule has 0 spiro atoms. The number of nitrogens with one attached hydrogen (secondary N) is 1. The third kappa shape index (κ3) is 2.97. The highest BCUT2D eigenvalue weighted by Crippen LogP contribution is 2.16. The molecule has 0 aliphatic carbocycles. The summed E-state index contributed by atoms with van der Waals surface area (Å²) in [6.07, 6.45) is 5.37. The van der Waals surface area contributed by atoms with Gasteiger partial charge >= 0.3 is 0 Å². The van der Waals surface area contributed by atoms with Gasteiger partial charge < -0.3 is 9.88 Å². The van der Waals surface area contributed by atoms with Crippen molar-refractivity contribution in [2.45, 2.75) is 26.4 Å². The van der Waals surface area contributed by atoms with Crippen molar-refractivity contribution in [1.82, 2.24) is 9.88 Å². The van der Waals surface area contributed by atoms with Gasteiger partial charge in [0.15, 0.2) is 0 Å². The molecular formula is C13H18N2S. The van der Waals surface area contributed by atoms with Crippen molar-refractivity contribution in [2.24, 2.45) is 7.05 Å². The Hall–Kier alpha value is -1.06. The van der Waals surface area contributed by atoms with Crippen LogP contribution in [0.15, 0.2) is 30.6 Å². The van der Waals surface area contributed by atoms with Gasteiger partial charge in [-0.25, -0.2) is 0 Å². The topological polar surface area (TPSA) is 17.0 Å². The van der Waals surface area contributed by atoms with Gasteiger partial charge in [0.05, 0.1) is 0 Å². The van der Waals surface area contributed by atoms with Crippen molar-refractivity contribution in [3.8, 4) is 0 Å². The van der Waals surface area contributed by atoms with Crippen LogP contribution in [0.4, 0.5) is 0 Å². The van der Waals surface area contributed by atoms with Crippen LogP contribution in [0, 0.1) is 0 Å². The highest BCUT2D eigenvalue weighted by atomic mass is 32.1. The van der Waals surface area contributed by atoms with Crippen LogP contribution in [0.5, 0.6) is 0 Å². The van der Waals surface area contributed by atoms with Gasteiger partial charge in [-0.1, -0.05) is 6.92 Å². The summed E-state index contributed by atoms with van der Waals surface area (Å²) >= 11 is 1.91. The summed E-state index contributed by atoms with van der Waals surface area (Å²) in [5.74, 6) is 0. The van der Waals surface area contributed by atoms with Gasteiger partial charge in [0.1, 0.15) is 0 Å². The zero-order chi connectivity index (χ0) is 11.4. The largest absolute Gasteiger partial charge is 0.357 e. The van der Waals surface area contributed by atoms with E-state index < -0.39 is 0 Å². The number of aryl methyl sites for hydroxylation is 2. The Kier molecular flexibility index (Phi) is 3.80. The molecule has 0 aliphatic rings. The standard InChI is InChI=1S/C13H18N2S/c1-3-12-4-5-13(16-12)9-14-8-11-6-7-15(2)10-11/h4-7,10,14H,3,8-9H2,1-2H3. The molecule has 2 aromatic rings. The first-order chi connectivity index (χ1) is 7.78. The lowest BCUT2D eigenvalue weighted by Gasteiger charge is -2.00. The van der Waals surface area contributed by atoms with E-state index in [9.17, 15) is 0 Å². The Balaban J connectivity index is 1.79. The molecule has 0 aliphatic heterocycles. The molecule has 2 heterocycles. The smallest absolute Gasteiger partial charge is 0.0303 e. The second-order valence-corrected chi connectivity index (χ2v) is 5.26. The monoisotopic (exact) mass is 234 g/mol. The van der Waals surface area contributed by atoms with Gasteiger partial charge in [-0.05, 0) is 30.2 Å². The highest BCUT2D eigenvalue weighted by molar-refractivity contribution is 7.11. The zero-order valence-electron chi connectivity index (χ0n) is 9.86. The quantitative estimate of drug-likeness (QED) is 0.841. The van der Waals surface area contributed by atoms with E-state index in [2.05, 4.69) is 54.4 Å². The first kappa shape index (κ1) is 11.4. The molecule has 86 valence electrons. The predicted molar refractivity (Wildman–Crippen MR) is 69.7 cm³/mol. The van der Waals surface area contributed by atoms with Crippen LogP contribution in [0.25, 0.3) is 0 Å². The zero-order valence-corrected chi connectivity index (χ0v) is 10.7. The molecule has 0 aromatic carbocycles. The van der Waals surface area contributed by atoms with Crippen molar-refractivity contribution in [1.29, 1.82) is 0 Å². The minimum absolute atomic E-state index is 0.945. The molecule has 2 nitrogen and oxygen atoms in total. The van der Waals surface area contributed by atoms with Gasteiger partial charge in [0.25, 0.3) is 0 Å². The molecule has 2 aromatic heterocycles. The van der Waals surface area contributed by atoms with Gasteiger partial charge in [-0.15, -0.1) is 11.3 Å². The van der Waals surface area contributed by atoms with Gasteiger partial charge in [-0.3, -0.25) is 0 Å². The molecular weight excluding hydrogens is 216 g/mol. The first-order valence-electron chi connectivity index (χ1n) is 5.67. The molecule has 1 N–H and O–H groups in total. The maximum atomic E-state index is 3.47. The SMILES string of the molecule is CCc1ccc(CNCc2ccn(C)c2)s1. The van der Waals surface area contributed by atoms with Gasteiger partial charge in [-0.2, -0.15) is 0 Å². The Labute approximate surface area is 101 Å². The van der Waals surface area contributed by atoms with E-state index in [-0.39, 0.29) is 0 Å². The van der Waals surface area contributed by atoms with E-state index in [4.69, 9.17) is 0 Å². The summed E-state index contributed by atoms with van der Waals surface area (Å²) in [6, 6.07) is 6.60. The van der Waals surface area contributed by atoms with Crippen molar-refractivity contribution in [3.63, 3.8) is 0 Å². The Morgan fingerprint density at radius 3 is 2.62 bits per heavy atom. The maximum Gasteiger partial charge on any atom is 0.0303 e. The van der Waals surface area contributed by atoms with E-state index in [0.29, 0.717) is 0 Å². The number of hydrogen-bond donors (Lipinski definition) is 1. The molecule has 0 unspecified atom stereocenters. The fourth-order valence-corrected chi connectivity index (χ4v) is 2.63. The minimum Gasteiger partial charge on any atom is -0.357 e. The summed E-state index contributed by atoms with van der Waals surface area (Å²) in [6.45, 7) is 4.12. The fourth-order valence-electron chi connectivity index (χ4n) is 1.70. The van der Waals surface area contributed by atoms with Gasteiger partial charge in [0.2, 0.25) is 0 Å². The number of nitrogens with zero attached hydrogens (tertiary/aromatic N) is 1. The lowest BCUT2D eigenvalue weighted by atomic mass is 10.3. The summed E-state index contributed by atoms with van der Waals surface area (Å²) in [5.41, 5.74) is 1.34. The average molecular weight is 234 g/mol.